The third kappa shape index (κ3) is 4.64. The first-order valence-electron chi connectivity index (χ1n) is 8.82. The molecule has 0 aromatic heterocycles. The summed E-state index contributed by atoms with van der Waals surface area (Å²) in [7, 11) is 0. The van der Waals surface area contributed by atoms with Crippen LogP contribution in [-0.2, 0) is 24.7 Å². The predicted octanol–water partition coefficient (Wildman–Crippen LogP) is 1.16. The molecule has 2 N–H and O–H groups in total. The first kappa shape index (κ1) is 20.4. The molecule has 0 bridgehead atoms. The Labute approximate surface area is 158 Å². The minimum absolute atomic E-state index is 0.262. The maximum Gasteiger partial charge on any atom is 0.327 e. The van der Waals surface area contributed by atoms with Gasteiger partial charge >= 0.3 is 12.0 Å². The largest absolute Gasteiger partial charge is 0.451 e. The van der Waals surface area contributed by atoms with Gasteiger partial charge in [0.1, 0.15) is 12.1 Å². The molecular formula is C19H25N3O5. The van der Waals surface area contributed by atoms with Gasteiger partial charge in [0.15, 0.2) is 6.10 Å². The molecule has 0 radical (unpaired) electrons. The number of hydrogen-bond donors (Lipinski definition) is 2. The average molecular weight is 375 g/mol. The minimum atomic E-state index is -1.25. The first-order valence-corrected chi connectivity index (χ1v) is 8.82. The van der Waals surface area contributed by atoms with Crippen molar-refractivity contribution in [1.82, 2.24) is 15.5 Å². The molecule has 1 aliphatic heterocycles. The summed E-state index contributed by atoms with van der Waals surface area (Å²) < 4.78 is 5.05. The van der Waals surface area contributed by atoms with E-state index in [1.807, 2.05) is 13.8 Å². The quantitative estimate of drug-likeness (QED) is 0.550. The van der Waals surface area contributed by atoms with Crippen LogP contribution in [0, 0.1) is 5.92 Å². The van der Waals surface area contributed by atoms with Gasteiger partial charge in [0.05, 0.1) is 0 Å². The molecule has 1 aromatic carbocycles. The molecule has 1 aliphatic rings. The van der Waals surface area contributed by atoms with E-state index in [0.717, 1.165) is 4.90 Å². The van der Waals surface area contributed by atoms with E-state index in [0.29, 0.717) is 12.1 Å². The van der Waals surface area contributed by atoms with Crippen LogP contribution in [0.3, 0.4) is 0 Å². The summed E-state index contributed by atoms with van der Waals surface area (Å²) >= 11 is 0. The van der Waals surface area contributed by atoms with E-state index in [1.54, 1.807) is 37.3 Å². The number of nitrogens with zero attached hydrogens (tertiary/aromatic N) is 1. The second-order valence-corrected chi connectivity index (χ2v) is 7.08. The zero-order valence-corrected chi connectivity index (χ0v) is 15.9. The van der Waals surface area contributed by atoms with Gasteiger partial charge in [0.25, 0.3) is 11.8 Å². The van der Waals surface area contributed by atoms with Gasteiger partial charge in [0, 0.05) is 6.54 Å². The van der Waals surface area contributed by atoms with Crippen LogP contribution in [0.15, 0.2) is 30.3 Å². The molecule has 8 heteroatoms. The highest BCUT2D eigenvalue weighted by molar-refractivity contribution is 6.08. The Morgan fingerprint density at radius 3 is 2.41 bits per heavy atom. The van der Waals surface area contributed by atoms with Crippen LogP contribution in [0.25, 0.3) is 0 Å². The van der Waals surface area contributed by atoms with Crippen LogP contribution < -0.4 is 10.6 Å². The van der Waals surface area contributed by atoms with Crippen molar-refractivity contribution in [3.63, 3.8) is 0 Å². The number of carbonyl (C=O) groups excluding carboxylic acids is 4. The van der Waals surface area contributed by atoms with Gasteiger partial charge in [0.2, 0.25) is 0 Å². The fourth-order valence-electron chi connectivity index (χ4n) is 2.67. The minimum Gasteiger partial charge on any atom is -0.451 e. The van der Waals surface area contributed by atoms with Crippen molar-refractivity contribution in [3.8, 4) is 0 Å². The van der Waals surface area contributed by atoms with E-state index in [9.17, 15) is 19.2 Å². The molecule has 1 fully saturated rings. The molecule has 0 spiro atoms. The van der Waals surface area contributed by atoms with Crippen LogP contribution in [0.2, 0.25) is 0 Å². The molecular weight excluding hydrogens is 350 g/mol. The zero-order chi connectivity index (χ0) is 20.2. The lowest BCUT2D eigenvalue weighted by atomic mass is 9.92. The summed E-state index contributed by atoms with van der Waals surface area (Å²) in [6.07, 6.45) is -1.02. The lowest BCUT2D eigenvalue weighted by Gasteiger charge is -2.22. The van der Waals surface area contributed by atoms with Crippen molar-refractivity contribution >= 4 is 23.8 Å². The first-order chi connectivity index (χ1) is 12.6. The highest BCUT2D eigenvalue weighted by Gasteiger charge is 2.49. The molecule has 27 heavy (non-hydrogen) atoms. The van der Waals surface area contributed by atoms with Gasteiger partial charge in [-0.3, -0.25) is 19.3 Å². The lowest BCUT2D eigenvalue weighted by molar-refractivity contribution is -0.156. The smallest absolute Gasteiger partial charge is 0.327 e. The monoisotopic (exact) mass is 375 g/mol. The highest BCUT2D eigenvalue weighted by atomic mass is 16.5. The summed E-state index contributed by atoms with van der Waals surface area (Å²) in [6.45, 7) is 6.80. The standard InChI is InChI=1S/C19H25N3O5/c1-12(2)10-20-16(24)13(3)27-15(23)11-22-17(25)19(4,21-18(22)26)14-8-6-5-7-9-14/h5-9,12-13H,10-11H2,1-4H3,(H,20,24)(H,21,26)/t13-,19+/m0/s1. The molecule has 1 heterocycles. The number of urea groups is 1. The molecule has 1 aromatic rings. The third-order valence-electron chi connectivity index (χ3n) is 4.28. The Hall–Kier alpha value is -2.90. The maximum absolute atomic E-state index is 12.7. The SMILES string of the molecule is CC(C)CNC(=O)[C@H](C)OC(=O)CN1C(=O)N[C@](C)(c2ccccc2)C1=O. The predicted molar refractivity (Wildman–Crippen MR) is 97.4 cm³/mol. The van der Waals surface area contributed by atoms with E-state index >= 15 is 0 Å². The van der Waals surface area contributed by atoms with Crippen molar-refractivity contribution < 1.29 is 23.9 Å². The Kier molecular flexibility index (Phi) is 6.20. The molecule has 0 aliphatic carbocycles. The van der Waals surface area contributed by atoms with Crippen molar-refractivity contribution in [3.05, 3.63) is 35.9 Å². The second-order valence-electron chi connectivity index (χ2n) is 7.08. The van der Waals surface area contributed by atoms with Gasteiger partial charge in [-0.15, -0.1) is 0 Å². The fourth-order valence-corrected chi connectivity index (χ4v) is 2.67. The fraction of sp³-hybridized carbons (Fsp3) is 0.474. The number of ether oxygens (including phenoxy) is 1. The van der Waals surface area contributed by atoms with Crippen LogP contribution in [0.5, 0.6) is 0 Å². The molecule has 146 valence electrons. The van der Waals surface area contributed by atoms with Crippen LogP contribution in [0.1, 0.15) is 33.3 Å². The third-order valence-corrected chi connectivity index (χ3v) is 4.28. The maximum atomic E-state index is 12.7. The lowest BCUT2D eigenvalue weighted by Crippen LogP contribution is -2.43. The number of nitrogens with one attached hydrogen (secondary N) is 2. The summed E-state index contributed by atoms with van der Waals surface area (Å²) in [5.74, 6) is -1.54. The molecule has 0 saturated carbocycles. The van der Waals surface area contributed by atoms with Crippen LogP contribution >= 0.6 is 0 Å². The number of esters is 1. The Balaban J connectivity index is 1.99. The van der Waals surface area contributed by atoms with E-state index in [-0.39, 0.29) is 5.92 Å². The van der Waals surface area contributed by atoms with Crippen molar-refractivity contribution in [2.75, 3.05) is 13.1 Å². The van der Waals surface area contributed by atoms with Gasteiger partial charge in [-0.2, -0.15) is 0 Å². The van der Waals surface area contributed by atoms with E-state index in [2.05, 4.69) is 10.6 Å². The molecule has 4 amide bonds. The van der Waals surface area contributed by atoms with E-state index in [4.69, 9.17) is 4.74 Å². The highest BCUT2D eigenvalue weighted by Crippen LogP contribution is 2.28. The van der Waals surface area contributed by atoms with E-state index in [1.165, 1.54) is 6.92 Å². The van der Waals surface area contributed by atoms with Crippen LogP contribution in [0.4, 0.5) is 4.79 Å². The van der Waals surface area contributed by atoms with Gasteiger partial charge in [-0.05, 0) is 25.3 Å². The Bertz CT molecular complexity index is 734. The van der Waals surface area contributed by atoms with Gasteiger partial charge in [-0.1, -0.05) is 44.2 Å². The number of amides is 4. The summed E-state index contributed by atoms with van der Waals surface area (Å²) in [5.41, 5.74) is -0.639. The topological polar surface area (TPSA) is 105 Å². The molecule has 1 saturated heterocycles. The van der Waals surface area contributed by atoms with Crippen molar-refractivity contribution in [2.45, 2.75) is 39.3 Å². The average Bonchev–Trinajstić information content (AvgIpc) is 2.84. The van der Waals surface area contributed by atoms with E-state index < -0.39 is 42.0 Å². The molecule has 8 nitrogen and oxygen atoms in total. The second kappa shape index (κ2) is 8.20. The molecule has 0 unspecified atom stereocenters. The number of rotatable bonds is 7. The van der Waals surface area contributed by atoms with Gasteiger partial charge in [-0.25, -0.2) is 4.79 Å². The van der Waals surface area contributed by atoms with Gasteiger partial charge < -0.3 is 15.4 Å². The molecule has 2 rings (SSSR count). The zero-order valence-electron chi connectivity index (χ0n) is 15.9. The normalized spacial score (nSPS) is 20.4. The van der Waals surface area contributed by atoms with Crippen molar-refractivity contribution in [1.29, 1.82) is 0 Å². The Morgan fingerprint density at radius 1 is 1.19 bits per heavy atom. The Morgan fingerprint density at radius 2 is 1.81 bits per heavy atom. The summed E-state index contributed by atoms with van der Waals surface area (Å²) in [4.78, 5) is 49.7. The number of imide groups is 1. The number of carbonyl (C=O) groups is 4. The number of benzene rings is 1. The van der Waals surface area contributed by atoms with Crippen LogP contribution in [-0.4, -0.2) is 47.9 Å². The molecule has 2 atom stereocenters. The summed E-state index contributed by atoms with van der Waals surface area (Å²) in [6, 6.07) is 8.08. The summed E-state index contributed by atoms with van der Waals surface area (Å²) in [5, 5.41) is 5.27. The van der Waals surface area contributed by atoms with Crippen molar-refractivity contribution in [2.24, 2.45) is 5.92 Å². The number of hydrogen-bond acceptors (Lipinski definition) is 5.